The Labute approximate surface area is 224 Å². The predicted octanol–water partition coefficient (Wildman–Crippen LogP) is 6.60. The van der Waals surface area contributed by atoms with Crippen LogP contribution in [0.5, 0.6) is 0 Å². The minimum absolute atomic E-state index is 0.0354. The highest BCUT2D eigenvalue weighted by molar-refractivity contribution is 6.24. The first kappa shape index (κ1) is 29.1. The van der Waals surface area contributed by atoms with Gasteiger partial charge in [-0.1, -0.05) is 24.8 Å². The Balaban J connectivity index is 1.89. The van der Waals surface area contributed by atoms with Gasteiger partial charge in [0, 0.05) is 23.9 Å². The highest BCUT2D eigenvalue weighted by Crippen LogP contribution is 2.31. The third-order valence-corrected chi connectivity index (χ3v) is 5.99. The van der Waals surface area contributed by atoms with E-state index in [0.29, 0.717) is 47.4 Å². The minimum atomic E-state index is -4.48. The van der Waals surface area contributed by atoms with Crippen LogP contribution in [0.1, 0.15) is 65.8 Å². The maximum atomic E-state index is 13.0. The zero-order valence-electron chi connectivity index (χ0n) is 21.3. The van der Waals surface area contributed by atoms with Gasteiger partial charge in [-0.15, -0.1) is 0 Å². The Morgan fingerprint density at radius 1 is 1.05 bits per heavy atom. The second-order valence-electron chi connectivity index (χ2n) is 8.94. The molecule has 4 N–H and O–H groups in total. The minimum Gasteiger partial charge on any atom is -0.481 e. The van der Waals surface area contributed by atoms with Crippen molar-refractivity contribution >= 4 is 34.5 Å². The van der Waals surface area contributed by atoms with Crippen molar-refractivity contribution in [1.29, 1.82) is 0 Å². The fourth-order valence-electron chi connectivity index (χ4n) is 3.78. The monoisotopic (exact) mass is 538 g/mol. The number of carbonyl (C=O) groups excluding carboxylic acids is 1. The molecular weight excluding hydrogens is 509 g/mol. The number of aliphatic imine (C=N–C) groups is 1. The maximum Gasteiger partial charge on any atom is 0.416 e. The molecule has 0 aliphatic rings. The lowest BCUT2D eigenvalue weighted by molar-refractivity contribution is -0.138. The first-order valence-corrected chi connectivity index (χ1v) is 12.2. The molecule has 0 saturated carbocycles. The zero-order chi connectivity index (χ0) is 28.6. The number of hydrogen-bond donors (Lipinski definition) is 3. The lowest BCUT2D eigenvalue weighted by atomic mass is 9.97. The number of aromatic nitrogens is 1. The van der Waals surface area contributed by atoms with Crippen molar-refractivity contribution < 1.29 is 27.9 Å². The van der Waals surface area contributed by atoms with Crippen LogP contribution in [0.4, 0.5) is 24.5 Å². The van der Waals surface area contributed by atoms with Gasteiger partial charge in [0.25, 0.3) is 5.91 Å². The fourth-order valence-corrected chi connectivity index (χ4v) is 3.78. The molecule has 204 valence electrons. The highest BCUT2D eigenvalue weighted by Gasteiger charge is 2.30. The third kappa shape index (κ3) is 8.26. The topological polar surface area (TPSA) is 118 Å². The molecule has 1 atom stereocenters. The number of alkyl halides is 3. The average Bonchev–Trinajstić information content (AvgIpc) is 2.90. The summed E-state index contributed by atoms with van der Waals surface area (Å²) in [7, 11) is 0. The molecule has 0 radical (unpaired) electrons. The highest BCUT2D eigenvalue weighted by atomic mass is 19.4. The molecule has 1 amide bonds. The van der Waals surface area contributed by atoms with Gasteiger partial charge in [0.15, 0.2) is 0 Å². The number of carbonyl (C=O) groups is 2. The number of unbranched alkanes of at least 4 members (excludes halogenated alkanes) is 1. The number of amides is 1. The van der Waals surface area contributed by atoms with E-state index in [9.17, 15) is 22.8 Å². The number of aliphatic carboxylic acids is 1. The van der Waals surface area contributed by atoms with E-state index < -0.39 is 17.7 Å². The number of carboxylic acid groups (broad SMARTS) is 1. The third-order valence-electron chi connectivity index (χ3n) is 5.99. The van der Waals surface area contributed by atoms with Crippen molar-refractivity contribution in [1.82, 2.24) is 10.3 Å². The fraction of sp³-hybridized carbons (Fsp3) is 0.241. The Morgan fingerprint density at radius 2 is 1.72 bits per heavy atom. The molecule has 0 aliphatic carbocycles. The molecule has 1 aromatic heterocycles. The van der Waals surface area contributed by atoms with Gasteiger partial charge in [-0.3, -0.25) is 19.6 Å². The Morgan fingerprint density at radius 3 is 2.33 bits per heavy atom. The summed E-state index contributed by atoms with van der Waals surface area (Å²) in [5.41, 5.74) is 8.15. The summed E-state index contributed by atoms with van der Waals surface area (Å²) in [6.45, 7) is 5.84. The molecule has 10 heteroatoms. The summed E-state index contributed by atoms with van der Waals surface area (Å²) in [6, 6.07) is 14.2. The van der Waals surface area contributed by atoms with Crippen LogP contribution in [0.2, 0.25) is 0 Å². The van der Waals surface area contributed by atoms with Crippen LogP contribution in [-0.2, 0) is 11.0 Å². The molecule has 0 saturated heterocycles. The van der Waals surface area contributed by atoms with E-state index in [1.165, 1.54) is 18.2 Å². The molecule has 7 nitrogen and oxygen atoms in total. The molecular formula is C29H29F3N4O3. The van der Waals surface area contributed by atoms with Crippen molar-refractivity contribution in [2.45, 2.75) is 44.8 Å². The number of nitrogens with one attached hydrogen (secondary N) is 1. The number of halogens is 3. The number of allylic oxidation sites excluding steroid dienone is 1. The summed E-state index contributed by atoms with van der Waals surface area (Å²) < 4.78 is 39.0. The number of hydrogen-bond acceptors (Lipinski definition) is 5. The van der Waals surface area contributed by atoms with Gasteiger partial charge in [0.1, 0.15) is 0 Å². The first-order chi connectivity index (χ1) is 18.5. The number of rotatable bonds is 11. The van der Waals surface area contributed by atoms with Gasteiger partial charge in [0.2, 0.25) is 0 Å². The van der Waals surface area contributed by atoms with E-state index >= 15 is 0 Å². The Bertz CT molecular complexity index is 1350. The molecule has 0 aliphatic heterocycles. The van der Waals surface area contributed by atoms with Crippen LogP contribution in [0, 0.1) is 0 Å². The van der Waals surface area contributed by atoms with Gasteiger partial charge < -0.3 is 16.2 Å². The van der Waals surface area contributed by atoms with Crippen LogP contribution >= 0.6 is 0 Å². The lowest BCUT2D eigenvalue weighted by Gasteiger charge is -2.15. The van der Waals surface area contributed by atoms with Crippen LogP contribution in [-0.4, -0.2) is 27.7 Å². The SMILES string of the molecule is C=C(C(CCCCC(=O)O)=Nc1cc(C(=O)N[C@H](C)c2ccccn2)ccc1N)c1ccc(C(F)(F)F)cc1. The Hall–Kier alpha value is -4.47. The number of nitrogens with zero attached hydrogens (tertiary/aromatic N) is 2. The maximum absolute atomic E-state index is 13.0. The number of anilines is 1. The molecule has 1 heterocycles. The predicted molar refractivity (Wildman–Crippen MR) is 145 cm³/mol. The summed E-state index contributed by atoms with van der Waals surface area (Å²) in [5.74, 6) is -1.30. The van der Waals surface area contributed by atoms with Gasteiger partial charge in [-0.05, 0) is 79.8 Å². The van der Waals surface area contributed by atoms with Crippen LogP contribution in [0.15, 0.2) is 78.4 Å². The van der Waals surface area contributed by atoms with Crippen molar-refractivity contribution in [2.75, 3.05) is 5.73 Å². The van der Waals surface area contributed by atoms with Crippen LogP contribution < -0.4 is 11.1 Å². The zero-order valence-corrected chi connectivity index (χ0v) is 21.3. The molecule has 2 aromatic carbocycles. The molecule has 3 rings (SSSR count). The number of nitrogen functional groups attached to an aromatic ring is 1. The summed E-state index contributed by atoms with van der Waals surface area (Å²) in [5, 5.41) is 11.8. The van der Waals surface area contributed by atoms with Gasteiger partial charge in [-0.2, -0.15) is 13.2 Å². The molecule has 3 aromatic rings. The van der Waals surface area contributed by atoms with Crippen molar-refractivity contribution in [3.05, 3.63) is 95.8 Å². The smallest absolute Gasteiger partial charge is 0.416 e. The van der Waals surface area contributed by atoms with E-state index in [4.69, 9.17) is 10.8 Å². The van der Waals surface area contributed by atoms with Crippen molar-refractivity contribution in [3.8, 4) is 0 Å². The van der Waals surface area contributed by atoms with Crippen LogP contribution in [0.25, 0.3) is 5.57 Å². The number of carboxylic acids is 1. The number of benzene rings is 2. The van der Waals surface area contributed by atoms with E-state index in [1.54, 1.807) is 37.4 Å². The van der Waals surface area contributed by atoms with E-state index in [0.717, 1.165) is 12.1 Å². The second-order valence-corrected chi connectivity index (χ2v) is 8.94. The molecule has 0 unspecified atom stereocenters. The number of nitrogens with two attached hydrogens (primary N) is 1. The molecule has 0 fully saturated rings. The van der Waals surface area contributed by atoms with E-state index in [2.05, 4.69) is 21.9 Å². The summed E-state index contributed by atoms with van der Waals surface area (Å²) in [6.07, 6.45) is -1.75. The normalized spacial score (nSPS) is 12.6. The molecule has 0 spiro atoms. The van der Waals surface area contributed by atoms with Gasteiger partial charge >= 0.3 is 12.1 Å². The van der Waals surface area contributed by atoms with Crippen molar-refractivity contribution in [3.63, 3.8) is 0 Å². The van der Waals surface area contributed by atoms with Gasteiger partial charge in [-0.25, -0.2) is 0 Å². The lowest BCUT2D eigenvalue weighted by Crippen LogP contribution is -2.27. The van der Waals surface area contributed by atoms with E-state index in [-0.39, 0.29) is 29.7 Å². The van der Waals surface area contributed by atoms with Crippen molar-refractivity contribution in [2.24, 2.45) is 4.99 Å². The first-order valence-electron chi connectivity index (χ1n) is 12.2. The van der Waals surface area contributed by atoms with E-state index in [1.807, 2.05) is 6.07 Å². The largest absolute Gasteiger partial charge is 0.481 e. The summed E-state index contributed by atoms with van der Waals surface area (Å²) >= 11 is 0. The van der Waals surface area contributed by atoms with Crippen LogP contribution in [0.3, 0.4) is 0 Å². The molecule has 0 bridgehead atoms. The Kier molecular flexibility index (Phi) is 9.59. The average molecular weight is 539 g/mol. The van der Waals surface area contributed by atoms with Gasteiger partial charge in [0.05, 0.1) is 28.7 Å². The standard InChI is InChI=1S/C29H29F3N4O3/c1-18(20-10-13-22(14-11-20)29(30,31)32)24(7-3-4-9-27(37)38)36-26-17-21(12-15-23(26)33)28(39)35-19(2)25-8-5-6-16-34-25/h5-6,8,10-17,19H,1,3-4,7,9,33H2,2H3,(H,35,39)(H,37,38)/t19-/m1/s1. The molecule has 39 heavy (non-hydrogen) atoms. The quantitative estimate of drug-likeness (QED) is 0.144. The second kappa shape index (κ2) is 12.9. The summed E-state index contributed by atoms with van der Waals surface area (Å²) in [4.78, 5) is 32.7. The number of pyridine rings is 1.